The summed E-state index contributed by atoms with van der Waals surface area (Å²) in [5, 5.41) is 21.6. The Bertz CT molecular complexity index is 434. The minimum Gasteiger partial charge on any atom is -0.483 e. The fourth-order valence-corrected chi connectivity index (χ4v) is 3.07. The lowest BCUT2D eigenvalue weighted by molar-refractivity contribution is -0.155. The van der Waals surface area contributed by atoms with Crippen molar-refractivity contribution in [2.24, 2.45) is 5.92 Å². The Balaban J connectivity index is 0.00000210. The van der Waals surface area contributed by atoms with E-state index in [9.17, 15) is 9.59 Å². The molecule has 0 bridgehead atoms. The van der Waals surface area contributed by atoms with Gasteiger partial charge in [0.25, 0.3) is 12.4 Å². The lowest BCUT2D eigenvalue weighted by Crippen LogP contribution is -2.62. The quantitative estimate of drug-likeness (QED) is 0.301. The van der Waals surface area contributed by atoms with Crippen molar-refractivity contribution in [3.05, 3.63) is 0 Å². The van der Waals surface area contributed by atoms with E-state index in [2.05, 4.69) is 17.6 Å². The number of methoxy groups -OCH3 is 1. The van der Waals surface area contributed by atoms with Crippen LogP contribution < -0.4 is 10.6 Å². The van der Waals surface area contributed by atoms with Crippen molar-refractivity contribution >= 4 is 18.3 Å². The number of nitrogens with one attached hydrogen (secondary N) is 2. The van der Waals surface area contributed by atoms with Gasteiger partial charge in [0, 0.05) is 19.6 Å². The molecule has 1 rings (SSSR count). The minimum atomic E-state index is -0.974. The molecule has 0 aromatic heterocycles. The average Bonchev–Trinajstić information content (AvgIpc) is 2.63. The topological polar surface area (TPSA) is 134 Å². The van der Waals surface area contributed by atoms with Crippen molar-refractivity contribution in [3.8, 4) is 0 Å². The van der Waals surface area contributed by atoms with E-state index in [1.807, 2.05) is 6.92 Å². The van der Waals surface area contributed by atoms with Gasteiger partial charge in [0.1, 0.15) is 0 Å². The molecule has 27 heavy (non-hydrogen) atoms. The largest absolute Gasteiger partial charge is 0.483 e. The van der Waals surface area contributed by atoms with Crippen LogP contribution in [0.25, 0.3) is 0 Å². The maximum atomic E-state index is 12.4. The summed E-state index contributed by atoms with van der Waals surface area (Å²) in [4.78, 5) is 31.6. The molecule has 9 nitrogen and oxygen atoms in total. The van der Waals surface area contributed by atoms with Gasteiger partial charge in [0.05, 0.1) is 25.3 Å². The van der Waals surface area contributed by atoms with Crippen LogP contribution in [0.15, 0.2) is 0 Å². The summed E-state index contributed by atoms with van der Waals surface area (Å²) >= 11 is 0. The summed E-state index contributed by atoms with van der Waals surface area (Å²) in [6.07, 6.45) is 4.62. The van der Waals surface area contributed by atoms with Crippen molar-refractivity contribution in [1.29, 1.82) is 0 Å². The first-order valence-electron chi connectivity index (χ1n) is 9.37. The molecule has 1 aliphatic heterocycles. The van der Waals surface area contributed by atoms with Crippen LogP contribution in [-0.2, 0) is 23.9 Å². The number of hydrogen-bond donors (Lipinski definition) is 4. The summed E-state index contributed by atoms with van der Waals surface area (Å²) < 4.78 is 11.2. The molecule has 0 spiro atoms. The molecule has 1 saturated heterocycles. The Kier molecular flexibility index (Phi) is 14.4. The van der Waals surface area contributed by atoms with Crippen molar-refractivity contribution in [2.45, 2.75) is 64.2 Å². The van der Waals surface area contributed by atoms with Gasteiger partial charge in [-0.05, 0) is 6.42 Å². The molecular weight excluding hydrogens is 356 g/mol. The highest BCUT2D eigenvalue weighted by Gasteiger charge is 2.42. The zero-order valence-corrected chi connectivity index (χ0v) is 16.5. The molecule has 4 N–H and O–H groups in total. The number of carboxylic acids is 1. The molecule has 0 aromatic rings. The summed E-state index contributed by atoms with van der Waals surface area (Å²) in [7, 11) is 1.57. The van der Waals surface area contributed by atoms with Crippen molar-refractivity contribution in [3.63, 3.8) is 0 Å². The third kappa shape index (κ3) is 10.3. The molecule has 9 heteroatoms. The average molecular weight is 390 g/mol. The normalized spacial score (nSPS) is 24.4. The van der Waals surface area contributed by atoms with E-state index in [4.69, 9.17) is 24.5 Å². The predicted molar refractivity (Wildman–Crippen MR) is 99.6 cm³/mol. The number of carboxylic acid groups (broad SMARTS) is 2. The highest BCUT2D eigenvalue weighted by molar-refractivity contribution is 5.82. The van der Waals surface area contributed by atoms with Crippen molar-refractivity contribution < 1.29 is 34.1 Å². The van der Waals surface area contributed by atoms with Gasteiger partial charge in [-0.3, -0.25) is 19.7 Å². The number of carbonyl (C=O) groups is 3. The number of unbranched alkanes of at least 4 members (excludes halogenated alkanes) is 4. The number of amides is 1. The fraction of sp³-hybridized carbons (Fsp3) is 0.833. The van der Waals surface area contributed by atoms with Gasteiger partial charge in [-0.25, -0.2) is 0 Å². The summed E-state index contributed by atoms with van der Waals surface area (Å²) in [6, 6.07) is -0.477. The maximum absolute atomic E-state index is 12.4. The van der Waals surface area contributed by atoms with Crippen LogP contribution in [-0.4, -0.2) is 73.6 Å². The number of hydrogen-bond acceptors (Lipinski definition) is 6. The van der Waals surface area contributed by atoms with E-state index in [0.29, 0.717) is 13.2 Å². The fourth-order valence-electron chi connectivity index (χ4n) is 3.07. The van der Waals surface area contributed by atoms with Gasteiger partial charge in [0.15, 0.2) is 6.10 Å². The zero-order valence-electron chi connectivity index (χ0n) is 16.5. The zero-order chi connectivity index (χ0) is 20.7. The smallest absolute Gasteiger partial charge is 0.317 e. The van der Waals surface area contributed by atoms with E-state index >= 15 is 0 Å². The molecule has 1 aliphatic rings. The molecule has 0 unspecified atom stereocenters. The highest BCUT2D eigenvalue weighted by atomic mass is 16.5. The van der Waals surface area contributed by atoms with Crippen LogP contribution in [0.3, 0.4) is 0 Å². The van der Waals surface area contributed by atoms with Crippen LogP contribution in [0, 0.1) is 5.92 Å². The van der Waals surface area contributed by atoms with E-state index in [0.717, 1.165) is 12.8 Å². The SMILES string of the molecule is CCCCCCCNC(=O)[C@H]1OC[C@H](C)[C@H](OC)[C@H]1NCC(=O)O.O=CO. The Morgan fingerprint density at radius 1 is 1.26 bits per heavy atom. The second kappa shape index (κ2) is 15.4. The molecule has 0 saturated carbocycles. The van der Waals surface area contributed by atoms with Crippen molar-refractivity contribution in [1.82, 2.24) is 10.6 Å². The molecule has 0 aromatic carbocycles. The molecule has 4 atom stereocenters. The first-order valence-corrected chi connectivity index (χ1v) is 9.37. The number of rotatable bonds is 11. The molecule has 158 valence electrons. The Labute approximate surface area is 160 Å². The molecule has 0 aliphatic carbocycles. The van der Waals surface area contributed by atoms with Gasteiger partial charge < -0.3 is 25.0 Å². The number of aliphatic carboxylic acids is 1. The Morgan fingerprint density at radius 2 is 1.89 bits per heavy atom. The van der Waals surface area contributed by atoms with E-state index in [-0.39, 0.29) is 30.9 Å². The molecule has 1 amide bonds. The summed E-state index contributed by atoms with van der Waals surface area (Å²) in [5.74, 6) is -1.10. The lowest BCUT2D eigenvalue weighted by Gasteiger charge is -2.40. The van der Waals surface area contributed by atoms with Gasteiger partial charge in [-0.2, -0.15) is 0 Å². The van der Waals surface area contributed by atoms with E-state index in [1.165, 1.54) is 19.3 Å². The Morgan fingerprint density at radius 3 is 2.44 bits per heavy atom. The minimum absolute atomic E-state index is 0.0828. The third-order valence-corrected chi connectivity index (χ3v) is 4.38. The van der Waals surface area contributed by atoms with Crippen LogP contribution in [0.5, 0.6) is 0 Å². The number of carbonyl (C=O) groups excluding carboxylic acids is 1. The first kappa shape index (κ1) is 25.3. The second-order valence-corrected chi connectivity index (χ2v) is 6.54. The maximum Gasteiger partial charge on any atom is 0.317 e. The third-order valence-electron chi connectivity index (χ3n) is 4.38. The monoisotopic (exact) mass is 390 g/mol. The number of ether oxygens (including phenoxy) is 2. The van der Waals surface area contributed by atoms with Crippen LogP contribution in [0.1, 0.15) is 46.0 Å². The molecular formula is C18H34N2O7. The predicted octanol–water partition coefficient (Wildman–Crippen LogP) is 0.867. The van der Waals surface area contributed by atoms with Gasteiger partial charge in [-0.15, -0.1) is 0 Å². The second-order valence-electron chi connectivity index (χ2n) is 6.54. The first-order chi connectivity index (χ1) is 12.9. The van der Waals surface area contributed by atoms with Crippen LogP contribution in [0.4, 0.5) is 0 Å². The van der Waals surface area contributed by atoms with Gasteiger partial charge >= 0.3 is 5.97 Å². The van der Waals surface area contributed by atoms with Gasteiger partial charge in [-0.1, -0.05) is 39.5 Å². The van der Waals surface area contributed by atoms with E-state index < -0.39 is 18.1 Å². The van der Waals surface area contributed by atoms with Gasteiger partial charge in [0.2, 0.25) is 0 Å². The highest BCUT2D eigenvalue weighted by Crippen LogP contribution is 2.22. The Hall–Kier alpha value is -1.71. The molecule has 1 fully saturated rings. The van der Waals surface area contributed by atoms with Crippen LogP contribution >= 0.6 is 0 Å². The lowest BCUT2D eigenvalue weighted by atomic mass is 9.90. The van der Waals surface area contributed by atoms with Crippen molar-refractivity contribution in [2.75, 3.05) is 26.8 Å². The molecule has 1 heterocycles. The van der Waals surface area contributed by atoms with E-state index in [1.54, 1.807) is 7.11 Å². The standard InChI is InChI=1S/C17H32N2O5.CH2O2/c1-4-5-6-7-8-9-18-17(22)16-14(19-10-13(20)21)15(23-3)12(2)11-24-16;2-1-3/h12,14-16,19H,4-11H2,1-3H3,(H,18,22)(H,20,21);1H,(H,2,3)/t12-,14+,15-,16-;/m0./s1. The summed E-state index contributed by atoms with van der Waals surface area (Å²) in [5.41, 5.74) is 0. The molecule has 0 radical (unpaired) electrons. The summed E-state index contributed by atoms with van der Waals surface area (Å²) in [6.45, 7) is 4.67. The van der Waals surface area contributed by atoms with Crippen LogP contribution in [0.2, 0.25) is 0 Å².